The van der Waals surface area contributed by atoms with Gasteiger partial charge in [0, 0.05) is 5.92 Å². The van der Waals surface area contributed by atoms with Crippen molar-refractivity contribution < 1.29 is 17.6 Å². The second kappa shape index (κ2) is 5.12. The van der Waals surface area contributed by atoms with Crippen molar-refractivity contribution in [1.82, 2.24) is 5.32 Å². The van der Waals surface area contributed by atoms with E-state index in [2.05, 4.69) is 5.32 Å². The standard InChI is InChI=1S/C14H17F4N/c1-10(13(15)6-8-19-9-7-13)11-2-4-12(5-3-11)14(16,17)18/h2-5,10,19H,6-9H2,1H3. The lowest BCUT2D eigenvalue weighted by molar-refractivity contribution is -0.137. The summed E-state index contributed by atoms with van der Waals surface area (Å²) in [5, 5.41) is 3.09. The SMILES string of the molecule is CC(c1ccc(C(F)(F)F)cc1)C1(F)CCNCC1. The predicted molar refractivity (Wildman–Crippen MR) is 65.8 cm³/mol. The molecule has 0 bridgehead atoms. The summed E-state index contributed by atoms with van der Waals surface area (Å²) in [6.07, 6.45) is -3.55. The van der Waals surface area contributed by atoms with Gasteiger partial charge in [-0.15, -0.1) is 0 Å². The van der Waals surface area contributed by atoms with Gasteiger partial charge in [-0.2, -0.15) is 13.2 Å². The van der Waals surface area contributed by atoms with Crippen molar-refractivity contribution in [2.45, 2.75) is 37.5 Å². The first-order valence-electron chi connectivity index (χ1n) is 6.40. The molecule has 0 aromatic heterocycles. The monoisotopic (exact) mass is 275 g/mol. The molecule has 5 heteroatoms. The summed E-state index contributed by atoms with van der Waals surface area (Å²) in [7, 11) is 0. The largest absolute Gasteiger partial charge is 0.416 e. The van der Waals surface area contributed by atoms with Crippen LogP contribution in [-0.2, 0) is 6.18 Å². The molecule has 106 valence electrons. The molecular weight excluding hydrogens is 258 g/mol. The van der Waals surface area contributed by atoms with Crippen molar-refractivity contribution in [2.24, 2.45) is 0 Å². The molecule has 19 heavy (non-hydrogen) atoms. The van der Waals surface area contributed by atoms with E-state index >= 15 is 0 Å². The van der Waals surface area contributed by atoms with E-state index in [4.69, 9.17) is 0 Å². The fraction of sp³-hybridized carbons (Fsp3) is 0.571. The lowest BCUT2D eigenvalue weighted by atomic mass is 9.79. The van der Waals surface area contributed by atoms with E-state index in [-0.39, 0.29) is 0 Å². The maximum Gasteiger partial charge on any atom is 0.416 e. The van der Waals surface area contributed by atoms with E-state index < -0.39 is 23.3 Å². The number of piperidine rings is 1. The van der Waals surface area contributed by atoms with Crippen molar-refractivity contribution in [1.29, 1.82) is 0 Å². The lowest BCUT2D eigenvalue weighted by Gasteiger charge is -2.35. The van der Waals surface area contributed by atoms with Gasteiger partial charge in [-0.05, 0) is 43.6 Å². The first-order valence-corrected chi connectivity index (χ1v) is 6.40. The van der Waals surface area contributed by atoms with Crippen LogP contribution in [0.5, 0.6) is 0 Å². The third kappa shape index (κ3) is 3.08. The molecule has 1 aromatic carbocycles. The quantitative estimate of drug-likeness (QED) is 0.807. The van der Waals surface area contributed by atoms with Crippen LogP contribution >= 0.6 is 0 Å². The van der Waals surface area contributed by atoms with E-state index in [1.807, 2.05) is 0 Å². The van der Waals surface area contributed by atoms with Crippen molar-refractivity contribution in [3.8, 4) is 0 Å². The van der Waals surface area contributed by atoms with Crippen LogP contribution in [0.4, 0.5) is 17.6 Å². The van der Waals surface area contributed by atoms with Gasteiger partial charge in [-0.3, -0.25) is 0 Å². The summed E-state index contributed by atoms with van der Waals surface area (Å²) in [5.41, 5.74) is -1.40. The number of alkyl halides is 4. The molecule has 1 fully saturated rings. The third-order valence-electron chi connectivity index (χ3n) is 3.95. The summed E-state index contributed by atoms with van der Waals surface area (Å²) in [5.74, 6) is -0.392. The van der Waals surface area contributed by atoms with Gasteiger partial charge in [-0.25, -0.2) is 4.39 Å². The van der Waals surface area contributed by atoms with Crippen molar-refractivity contribution in [2.75, 3.05) is 13.1 Å². The maximum absolute atomic E-state index is 14.7. The molecule has 1 saturated heterocycles. The van der Waals surface area contributed by atoms with Crippen LogP contribution in [-0.4, -0.2) is 18.8 Å². The second-order valence-electron chi connectivity index (χ2n) is 5.13. The Morgan fingerprint density at radius 3 is 2.11 bits per heavy atom. The highest BCUT2D eigenvalue weighted by atomic mass is 19.4. The van der Waals surface area contributed by atoms with Crippen LogP contribution in [0.15, 0.2) is 24.3 Å². The van der Waals surface area contributed by atoms with Gasteiger partial charge in [0.05, 0.1) is 5.56 Å². The molecule has 0 radical (unpaired) electrons. The van der Waals surface area contributed by atoms with Crippen molar-refractivity contribution >= 4 is 0 Å². The summed E-state index contributed by atoms with van der Waals surface area (Å²) in [6.45, 7) is 2.97. The van der Waals surface area contributed by atoms with E-state index in [0.29, 0.717) is 31.5 Å². The van der Waals surface area contributed by atoms with Crippen LogP contribution in [0, 0.1) is 0 Å². The molecule has 0 aliphatic carbocycles. The minimum atomic E-state index is -4.34. The Morgan fingerprint density at radius 1 is 1.11 bits per heavy atom. The second-order valence-corrected chi connectivity index (χ2v) is 5.13. The van der Waals surface area contributed by atoms with Crippen LogP contribution in [0.25, 0.3) is 0 Å². The summed E-state index contributed by atoms with van der Waals surface area (Å²) < 4.78 is 52.1. The zero-order valence-corrected chi connectivity index (χ0v) is 10.7. The number of halogens is 4. The summed E-state index contributed by atoms with van der Waals surface area (Å²) >= 11 is 0. The van der Waals surface area contributed by atoms with Crippen LogP contribution in [0.3, 0.4) is 0 Å². The fourth-order valence-corrected chi connectivity index (χ4v) is 2.53. The molecule has 1 heterocycles. The Hall–Kier alpha value is -1.10. The molecule has 0 spiro atoms. The summed E-state index contributed by atoms with van der Waals surface area (Å²) in [4.78, 5) is 0. The van der Waals surface area contributed by atoms with Gasteiger partial charge in [0.2, 0.25) is 0 Å². The first-order chi connectivity index (χ1) is 8.83. The smallest absolute Gasteiger partial charge is 0.316 e. The minimum absolute atomic E-state index is 0.392. The number of nitrogens with one attached hydrogen (secondary N) is 1. The molecule has 1 atom stereocenters. The van der Waals surface area contributed by atoms with Gasteiger partial charge in [0.15, 0.2) is 0 Å². The topological polar surface area (TPSA) is 12.0 Å². The highest BCUT2D eigenvalue weighted by Gasteiger charge is 2.38. The molecule has 1 aromatic rings. The van der Waals surface area contributed by atoms with Crippen LogP contribution in [0.1, 0.15) is 36.8 Å². The predicted octanol–water partition coefficient (Wildman–Crippen LogP) is 3.90. The van der Waals surface area contributed by atoms with Crippen molar-refractivity contribution in [3.63, 3.8) is 0 Å². The van der Waals surface area contributed by atoms with E-state index in [0.717, 1.165) is 12.1 Å². The molecule has 1 aliphatic heterocycles. The minimum Gasteiger partial charge on any atom is -0.316 e. The Balaban J connectivity index is 2.17. The summed E-state index contributed by atoms with van der Waals surface area (Å²) in [6, 6.07) is 4.82. The normalized spacial score (nSPS) is 21.1. The highest BCUT2D eigenvalue weighted by molar-refractivity contribution is 5.28. The Kier molecular flexibility index (Phi) is 3.85. The number of benzene rings is 1. The fourth-order valence-electron chi connectivity index (χ4n) is 2.53. The molecule has 1 aliphatic rings. The molecule has 0 amide bonds. The van der Waals surface area contributed by atoms with Crippen LogP contribution in [0.2, 0.25) is 0 Å². The van der Waals surface area contributed by atoms with Gasteiger partial charge in [0.1, 0.15) is 5.67 Å². The van der Waals surface area contributed by atoms with Gasteiger partial charge >= 0.3 is 6.18 Å². The Labute approximate surface area is 110 Å². The van der Waals surface area contributed by atoms with E-state index in [1.165, 1.54) is 12.1 Å². The molecular formula is C14H17F4N. The molecule has 1 N–H and O–H groups in total. The molecule has 1 nitrogen and oxygen atoms in total. The molecule has 1 unspecified atom stereocenters. The van der Waals surface area contributed by atoms with E-state index in [1.54, 1.807) is 6.92 Å². The van der Waals surface area contributed by atoms with Gasteiger partial charge in [0.25, 0.3) is 0 Å². The maximum atomic E-state index is 14.7. The zero-order valence-electron chi connectivity index (χ0n) is 10.7. The molecule has 0 saturated carbocycles. The number of hydrogen-bond donors (Lipinski definition) is 1. The van der Waals surface area contributed by atoms with Gasteiger partial charge in [-0.1, -0.05) is 19.1 Å². The molecule has 2 rings (SSSR count). The number of rotatable bonds is 2. The number of hydrogen-bond acceptors (Lipinski definition) is 1. The third-order valence-corrected chi connectivity index (χ3v) is 3.95. The Bertz CT molecular complexity index is 418. The van der Waals surface area contributed by atoms with E-state index in [9.17, 15) is 17.6 Å². The van der Waals surface area contributed by atoms with Crippen molar-refractivity contribution in [3.05, 3.63) is 35.4 Å². The van der Waals surface area contributed by atoms with Crippen LogP contribution < -0.4 is 5.32 Å². The Morgan fingerprint density at radius 2 is 1.63 bits per heavy atom. The zero-order chi connectivity index (χ0) is 14.1. The average molecular weight is 275 g/mol. The van der Waals surface area contributed by atoms with Gasteiger partial charge < -0.3 is 5.32 Å². The highest BCUT2D eigenvalue weighted by Crippen LogP contribution is 2.39. The lowest BCUT2D eigenvalue weighted by Crippen LogP contribution is -2.42. The average Bonchev–Trinajstić information content (AvgIpc) is 2.38. The first kappa shape index (κ1) is 14.3.